The van der Waals surface area contributed by atoms with Gasteiger partial charge < -0.3 is 10.3 Å². The molecule has 2 N–H and O–H groups in total. The van der Waals surface area contributed by atoms with E-state index >= 15 is 0 Å². The first-order valence-electron chi connectivity index (χ1n) is 7.20. The highest BCUT2D eigenvalue weighted by atomic mass is 15.2. The molecular weight excluding hydrogens is 234 g/mol. The van der Waals surface area contributed by atoms with Gasteiger partial charge in [0.2, 0.25) is 5.95 Å². The summed E-state index contributed by atoms with van der Waals surface area (Å²) in [4.78, 5) is 4.54. The van der Waals surface area contributed by atoms with E-state index < -0.39 is 0 Å². The topological polar surface area (TPSA) is 43.8 Å². The van der Waals surface area contributed by atoms with Crippen molar-refractivity contribution in [1.29, 1.82) is 0 Å². The average Bonchev–Trinajstić information content (AvgIpc) is 2.62. The molecule has 1 saturated carbocycles. The summed E-state index contributed by atoms with van der Waals surface area (Å²) in [5.41, 5.74) is 10.0. The Morgan fingerprint density at radius 3 is 2.89 bits per heavy atom. The van der Waals surface area contributed by atoms with Crippen LogP contribution in [-0.2, 0) is 0 Å². The van der Waals surface area contributed by atoms with Gasteiger partial charge in [0.15, 0.2) is 0 Å². The Morgan fingerprint density at radius 2 is 2.16 bits per heavy atom. The van der Waals surface area contributed by atoms with Crippen LogP contribution in [0.3, 0.4) is 0 Å². The fourth-order valence-electron chi connectivity index (χ4n) is 3.49. The third-order valence-corrected chi connectivity index (χ3v) is 4.42. The van der Waals surface area contributed by atoms with Gasteiger partial charge in [-0.2, -0.15) is 0 Å². The van der Waals surface area contributed by atoms with Crippen LogP contribution in [0.25, 0.3) is 11.0 Å². The van der Waals surface area contributed by atoms with Crippen molar-refractivity contribution in [2.45, 2.75) is 52.5 Å². The molecule has 3 heteroatoms. The van der Waals surface area contributed by atoms with E-state index in [1.165, 1.54) is 36.8 Å². The Bertz CT molecular complexity index is 610. The van der Waals surface area contributed by atoms with Crippen LogP contribution in [-0.4, -0.2) is 9.55 Å². The van der Waals surface area contributed by atoms with Gasteiger partial charge in [-0.3, -0.25) is 0 Å². The summed E-state index contributed by atoms with van der Waals surface area (Å²) in [5.74, 6) is 0.670. The molecule has 19 heavy (non-hydrogen) atoms. The molecule has 0 radical (unpaired) electrons. The first-order chi connectivity index (χ1) is 8.96. The van der Waals surface area contributed by atoms with Crippen LogP contribution >= 0.6 is 0 Å². The molecular formula is C16H23N3. The number of hydrogen-bond donors (Lipinski definition) is 1. The lowest BCUT2D eigenvalue weighted by Gasteiger charge is -2.36. The van der Waals surface area contributed by atoms with Crippen molar-refractivity contribution in [2.24, 2.45) is 5.41 Å². The minimum Gasteiger partial charge on any atom is -0.369 e. The second-order valence-corrected chi connectivity index (χ2v) is 6.75. The van der Waals surface area contributed by atoms with Crippen molar-refractivity contribution >= 4 is 17.0 Å². The van der Waals surface area contributed by atoms with E-state index in [2.05, 4.69) is 48.5 Å². The Balaban J connectivity index is 2.07. The molecule has 1 fully saturated rings. The number of aromatic nitrogens is 2. The molecule has 1 atom stereocenters. The summed E-state index contributed by atoms with van der Waals surface area (Å²) in [6.45, 7) is 6.82. The monoisotopic (exact) mass is 257 g/mol. The molecule has 1 aliphatic carbocycles. The van der Waals surface area contributed by atoms with Crippen LogP contribution in [0.4, 0.5) is 5.95 Å². The zero-order chi connectivity index (χ0) is 13.6. The number of fused-ring (bicyclic) bond motifs is 1. The first kappa shape index (κ1) is 12.5. The second kappa shape index (κ2) is 4.26. The van der Waals surface area contributed by atoms with E-state index in [0.29, 0.717) is 17.4 Å². The largest absolute Gasteiger partial charge is 0.369 e. The third-order valence-electron chi connectivity index (χ3n) is 4.42. The lowest BCUT2D eigenvalue weighted by molar-refractivity contribution is 0.187. The van der Waals surface area contributed by atoms with E-state index in [1.54, 1.807) is 0 Å². The van der Waals surface area contributed by atoms with Crippen molar-refractivity contribution < 1.29 is 0 Å². The van der Waals surface area contributed by atoms with E-state index in [4.69, 9.17) is 5.73 Å². The van der Waals surface area contributed by atoms with Crippen molar-refractivity contribution in [1.82, 2.24) is 9.55 Å². The number of benzene rings is 1. The summed E-state index contributed by atoms with van der Waals surface area (Å²) < 4.78 is 2.26. The molecule has 1 aromatic carbocycles. The predicted molar refractivity (Wildman–Crippen MR) is 80.2 cm³/mol. The minimum absolute atomic E-state index is 0.413. The number of nitrogens with two attached hydrogens (primary N) is 1. The second-order valence-electron chi connectivity index (χ2n) is 6.75. The number of nitrogen functional groups attached to an aromatic ring is 1. The van der Waals surface area contributed by atoms with Crippen molar-refractivity contribution in [3.05, 3.63) is 23.8 Å². The minimum atomic E-state index is 0.413. The van der Waals surface area contributed by atoms with Gasteiger partial charge in [-0.1, -0.05) is 26.3 Å². The SMILES string of the molecule is Cc1ccc2c(c1)nc(N)n2C1CCCC(C)(C)C1. The summed E-state index contributed by atoms with van der Waals surface area (Å²) in [7, 11) is 0. The molecule has 1 aliphatic rings. The Labute approximate surface area is 114 Å². The highest BCUT2D eigenvalue weighted by Crippen LogP contribution is 2.42. The fourth-order valence-corrected chi connectivity index (χ4v) is 3.49. The van der Waals surface area contributed by atoms with Gasteiger partial charge in [-0.05, 0) is 49.3 Å². The number of aryl methyl sites for hydroxylation is 1. The zero-order valence-electron chi connectivity index (χ0n) is 12.1. The van der Waals surface area contributed by atoms with Crippen LogP contribution in [0.1, 0.15) is 51.1 Å². The van der Waals surface area contributed by atoms with Crippen molar-refractivity contribution in [2.75, 3.05) is 5.73 Å². The van der Waals surface area contributed by atoms with Crippen LogP contribution in [0.2, 0.25) is 0 Å². The van der Waals surface area contributed by atoms with E-state index in [1.807, 2.05) is 0 Å². The molecule has 1 unspecified atom stereocenters. The fraction of sp³-hybridized carbons (Fsp3) is 0.562. The van der Waals surface area contributed by atoms with Gasteiger partial charge in [0.1, 0.15) is 0 Å². The Kier molecular flexibility index (Phi) is 2.80. The van der Waals surface area contributed by atoms with Crippen LogP contribution in [0.15, 0.2) is 18.2 Å². The lowest BCUT2D eigenvalue weighted by atomic mass is 9.75. The molecule has 0 spiro atoms. The quantitative estimate of drug-likeness (QED) is 0.837. The molecule has 0 aliphatic heterocycles. The molecule has 3 nitrogen and oxygen atoms in total. The number of imidazole rings is 1. The molecule has 102 valence electrons. The molecule has 1 aromatic heterocycles. The van der Waals surface area contributed by atoms with E-state index in [-0.39, 0.29) is 0 Å². The summed E-state index contributed by atoms with van der Waals surface area (Å²) in [6, 6.07) is 6.93. The number of nitrogens with zero attached hydrogens (tertiary/aromatic N) is 2. The molecule has 0 saturated heterocycles. The summed E-state index contributed by atoms with van der Waals surface area (Å²) in [6.07, 6.45) is 5.00. The lowest BCUT2D eigenvalue weighted by Crippen LogP contribution is -2.25. The maximum atomic E-state index is 6.17. The predicted octanol–water partition coefficient (Wildman–Crippen LogP) is 4.07. The number of anilines is 1. The molecule has 3 rings (SSSR count). The zero-order valence-corrected chi connectivity index (χ0v) is 12.1. The molecule has 0 bridgehead atoms. The van der Waals surface area contributed by atoms with Crippen LogP contribution in [0, 0.1) is 12.3 Å². The van der Waals surface area contributed by atoms with Gasteiger partial charge in [-0.25, -0.2) is 4.98 Å². The highest BCUT2D eigenvalue weighted by Gasteiger charge is 2.30. The maximum absolute atomic E-state index is 6.17. The van der Waals surface area contributed by atoms with Crippen molar-refractivity contribution in [3.8, 4) is 0 Å². The molecule has 1 heterocycles. The van der Waals surface area contributed by atoms with Gasteiger partial charge in [0.05, 0.1) is 11.0 Å². The summed E-state index contributed by atoms with van der Waals surface area (Å²) >= 11 is 0. The Hall–Kier alpha value is -1.51. The average molecular weight is 257 g/mol. The van der Waals surface area contributed by atoms with E-state index in [9.17, 15) is 0 Å². The van der Waals surface area contributed by atoms with E-state index in [0.717, 1.165) is 5.52 Å². The maximum Gasteiger partial charge on any atom is 0.201 e. The van der Waals surface area contributed by atoms with Gasteiger partial charge in [0, 0.05) is 6.04 Å². The smallest absolute Gasteiger partial charge is 0.201 e. The highest BCUT2D eigenvalue weighted by molar-refractivity contribution is 5.79. The van der Waals surface area contributed by atoms with Crippen LogP contribution in [0.5, 0.6) is 0 Å². The summed E-state index contributed by atoms with van der Waals surface area (Å²) in [5, 5.41) is 0. The van der Waals surface area contributed by atoms with Gasteiger partial charge >= 0.3 is 0 Å². The van der Waals surface area contributed by atoms with Crippen LogP contribution < -0.4 is 5.73 Å². The Morgan fingerprint density at radius 1 is 1.37 bits per heavy atom. The third kappa shape index (κ3) is 2.22. The normalized spacial score (nSPS) is 22.8. The van der Waals surface area contributed by atoms with Gasteiger partial charge in [0.25, 0.3) is 0 Å². The molecule has 2 aromatic rings. The molecule has 0 amide bonds. The number of rotatable bonds is 1. The van der Waals surface area contributed by atoms with Crippen molar-refractivity contribution in [3.63, 3.8) is 0 Å². The van der Waals surface area contributed by atoms with Gasteiger partial charge in [-0.15, -0.1) is 0 Å². The number of hydrogen-bond acceptors (Lipinski definition) is 2. The first-order valence-corrected chi connectivity index (χ1v) is 7.20. The standard InChI is InChI=1S/C16H23N3/c1-11-6-7-14-13(9-11)18-15(17)19(14)12-5-4-8-16(2,3)10-12/h6-7,9,12H,4-5,8,10H2,1-3H3,(H2,17,18).